The average Bonchev–Trinajstić information content (AvgIpc) is 2.65. The Kier molecular flexibility index (Phi) is 3.95. The van der Waals surface area contributed by atoms with Crippen LogP contribution in [-0.2, 0) is 0 Å². The lowest BCUT2D eigenvalue weighted by atomic mass is 10.0. The van der Waals surface area contributed by atoms with Gasteiger partial charge in [-0.25, -0.2) is 0 Å². The molecule has 0 nitrogen and oxygen atoms in total. The van der Waals surface area contributed by atoms with E-state index in [1.54, 1.807) is 0 Å². The van der Waals surface area contributed by atoms with Crippen molar-refractivity contribution >= 4 is 33.7 Å². The highest BCUT2D eigenvalue weighted by atomic mass is 14.0. The summed E-state index contributed by atoms with van der Waals surface area (Å²) in [5.74, 6) is 0. The van der Waals surface area contributed by atoms with Crippen LogP contribution in [-0.4, -0.2) is 0 Å². The minimum atomic E-state index is 1.22. The van der Waals surface area contributed by atoms with Crippen LogP contribution >= 0.6 is 0 Å². The fourth-order valence-electron chi connectivity index (χ4n) is 3.03. The fourth-order valence-corrected chi connectivity index (χ4v) is 3.03. The molecule has 0 bridgehead atoms. The summed E-state index contributed by atoms with van der Waals surface area (Å²) in [4.78, 5) is 0. The Morgan fingerprint density at radius 3 is 2.12 bits per heavy atom. The van der Waals surface area contributed by atoms with Gasteiger partial charge in [-0.15, -0.1) is 0 Å². The molecule has 0 N–H and O–H groups in total. The van der Waals surface area contributed by atoms with E-state index in [-0.39, 0.29) is 0 Å². The maximum absolute atomic E-state index is 2.22. The van der Waals surface area contributed by atoms with E-state index in [9.17, 15) is 0 Å². The summed E-state index contributed by atoms with van der Waals surface area (Å²) in [5, 5.41) is 5.12. The summed E-state index contributed by atoms with van der Waals surface area (Å²) in [6, 6.07) is 29.9. The van der Waals surface area contributed by atoms with Crippen LogP contribution in [0.5, 0.6) is 0 Å². The van der Waals surface area contributed by atoms with Gasteiger partial charge in [0.1, 0.15) is 0 Å². The van der Waals surface area contributed by atoms with Crippen molar-refractivity contribution in [1.82, 2.24) is 0 Å². The number of hydrogen-bond acceptors (Lipinski definition) is 0. The SMILES string of the molecule is C(C=Cc1cccc2ccccc12)=Cc1ccc2ccccc2c1. The van der Waals surface area contributed by atoms with Crippen molar-refractivity contribution in [2.45, 2.75) is 0 Å². The Morgan fingerprint density at radius 2 is 1.21 bits per heavy atom. The van der Waals surface area contributed by atoms with Gasteiger partial charge in [0.05, 0.1) is 0 Å². The zero-order valence-corrected chi connectivity index (χ0v) is 13.4. The van der Waals surface area contributed by atoms with Crippen LogP contribution in [0.1, 0.15) is 11.1 Å². The van der Waals surface area contributed by atoms with E-state index in [4.69, 9.17) is 0 Å². The third-order valence-electron chi connectivity index (χ3n) is 4.27. The second-order valence-corrected chi connectivity index (χ2v) is 5.89. The molecule has 4 aromatic rings. The van der Waals surface area contributed by atoms with Crippen LogP contribution in [0.2, 0.25) is 0 Å². The van der Waals surface area contributed by atoms with Gasteiger partial charge in [-0.1, -0.05) is 103 Å². The van der Waals surface area contributed by atoms with Crippen LogP contribution in [0.4, 0.5) is 0 Å². The lowest BCUT2D eigenvalue weighted by Crippen LogP contribution is -1.77. The molecule has 4 rings (SSSR count). The first-order chi connectivity index (χ1) is 11.9. The molecule has 0 unspecified atom stereocenters. The van der Waals surface area contributed by atoms with Crippen molar-refractivity contribution in [3.8, 4) is 0 Å². The fraction of sp³-hybridized carbons (Fsp3) is 0. The standard InChI is InChI=1S/C24H18/c1(8-19-16-17-20-9-3-4-12-23(20)18-19)2-10-21-13-7-14-22-11-5-6-15-24(21)22/h1-18H. The van der Waals surface area contributed by atoms with Gasteiger partial charge in [0.2, 0.25) is 0 Å². The first-order valence-corrected chi connectivity index (χ1v) is 8.21. The normalized spacial score (nSPS) is 11.8. The van der Waals surface area contributed by atoms with Crippen molar-refractivity contribution in [2.24, 2.45) is 0 Å². The number of allylic oxidation sites excluding steroid dienone is 2. The van der Waals surface area contributed by atoms with Gasteiger partial charge in [0, 0.05) is 0 Å². The lowest BCUT2D eigenvalue weighted by molar-refractivity contribution is 1.70. The topological polar surface area (TPSA) is 0 Å². The Balaban J connectivity index is 1.58. The molecule has 4 aromatic carbocycles. The minimum Gasteiger partial charge on any atom is -0.0617 e. The molecule has 0 saturated carbocycles. The third-order valence-corrected chi connectivity index (χ3v) is 4.27. The highest BCUT2D eigenvalue weighted by molar-refractivity contribution is 5.90. The summed E-state index contributed by atoms with van der Waals surface area (Å²) in [6.45, 7) is 0. The van der Waals surface area contributed by atoms with E-state index < -0.39 is 0 Å². The highest BCUT2D eigenvalue weighted by Crippen LogP contribution is 2.20. The van der Waals surface area contributed by atoms with Crippen molar-refractivity contribution in [3.63, 3.8) is 0 Å². The van der Waals surface area contributed by atoms with Crippen LogP contribution in [0.25, 0.3) is 33.7 Å². The molecular formula is C24H18. The van der Waals surface area contributed by atoms with E-state index in [1.807, 2.05) is 0 Å². The van der Waals surface area contributed by atoms with E-state index in [2.05, 4.69) is 109 Å². The molecule has 114 valence electrons. The molecule has 0 radical (unpaired) electrons. The largest absolute Gasteiger partial charge is 0.0617 e. The van der Waals surface area contributed by atoms with Gasteiger partial charge in [-0.2, -0.15) is 0 Å². The average molecular weight is 306 g/mol. The lowest BCUT2D eigenvalue weighted by Gasteiger charge is -2.01. The second kappa shape index (κ2) is 6.55. The van der Waals surface area contributed by atoms with Gasteiger partial charge >= 0.3 is 0 Å². The Morgan fingerprint density at radius 1 is 0.500 bits per heavy atom. The van der Waals surface area contributed by atoms with Crippen LogP contribution in [0.15, 0.2) is 97.1 Å². The summed E-state index contributed by atoms with van der Waals surface area (Å²) in [5.41, 5.74) is 2.47. The molecule has 0 heterocycles. The Labute approximate surface area is 142 Å². The van der Waals surface area contributed by atoms with Crippen molar-refractivity contribution < 1.29 is 0 Å². The van der Waals surface area contributed by atoms with Crippen molar-refractivity contribution in [3.05, 3.63) is 108 Å². The summed E-state index contributed by atoms with van der Waals surface area (Å²) in [6.07, 6.45) is 8.52. The predicted octanol–water partition coefficient (Wildman–Crippen LogP) is 6.72. The molecule has 0 aromatic heterocycles. The first kappa shape index (κ1) is 14.5. The van der Waals surface area contributed by atoms with E-state index in [0.29, 0.717) is 0 Å². The molecule has 0 fully saturated rings. The molecule has 0 atom stereocenters. The van der Waals surface area contributed by atoms with E-state index >= 15 is 0 Å². The highest BCUT2D eigenvalue weighted by Gasteiger charge is 1.95. The molecule has 0 spiro atoms. The van der Waals surface area contributed by atoms with Crippen molar-refractivity contribution in [2.75, 3.05) is 0 Å². The molecular weight excluding hydrogens is 288 g/mol. The zero-order valence-electron chi connectivity index (χ0n) is 13.4. The Hall–Kier alpha value is -3.12. The third kappa shape index (κ3) is 3.00. The predicted molar refractivity (Wildman–Crippen MR) is 106 cm³/mol. The maximum Gasteiger partial charge on any atom is -0.0111 e. The van der Waals surface area contributed by atoms with E-state index in [0.717, 1.165) is 0 Å². The monoisotopic (exact) mass is 306 g/mol. The second-order valence-electron chi connectivity index (χ2n) is 5.89. The molecule has 0 aliphatic heterocycles. The molecule has 0 aliphatic carbocycles. The van der Waals surface area contributed by atoms with Crippen LogP contribution in [0, 0.1) is 0 Å². The van der Waals surface area contributed by atoms with E-state index in [1.165, 1.54) is 32.7 Å². The number of rotatable bonds is 3. The summed E-state index contributed by atoms with van der Waals surface area (Å²) < 4.78 is 0. The molecule has 0 heteroatoms. The molecule has 0 amide bonds. The van der Waals surface area contributed by atoms with Gasteiger partial charge < -0.3 is 0 Å². The zero-order chi connectivity index (χ0) is 16.2. The number of benzene rings is 4. The Bertz CT molecular complexity index is 1050. The van der Waals surface area contributed by atoms with Crippen LogP contribution in [0.3, 0.4) is 0 Å². The van der Waals surface area contributed by atoms with Gasteiger partial charge in [0.25, 0.3) is 0 Å². The van der Waals surface area contributed by atoms with Crippen LogP contribution < -0.4 is 0 Å². The molecule has 0 aliphatic rings. The van der Waals surface area contributed by atoms with Gasteiger partial charge in [-0.3, -0.25) is 0 Å². The summed E-state index contributed by atoms with van der Waals surface area (Å²) >= 11 is 0. The first-order valence-electron chi connectivity index (χ1n) is 8.21. The number of fused-ring (bicyclic) bond motifs is 2. The maximum atomic E-state index is 2.22. The van der Waals surface area contributed by atoms with Gasteiger partial charge in [-0.05, 0) is 38.7 Å². The summed E-state index contributed by atoms with van der Waals surface area (Å²) in [7, 11) is 0. The van der Waals surface area contributed by atoms with Crippen molar-refractivity contribution in [1.29, 1.82) is 0 Å². The smallest absolute Gasteiger partial charge is 0.0111 e. The molecule has 0 saturated heterocycles. The number of hydrogen-bond donors (Lipinski definition) is 0. The molecule has 24 heavy (non-hydrogen) atoms. The van der Waals surface area contributed by atoms with Gasteiger partial charge in [0.15, 0.2) is 0 Å². The minimum absolute atomic E-state index is 1.22. The quantitative estimate of drug-likeness (QED) is 0.368.